The first-order valence-electron chi connectivity index (χ1n) is 8.08. The molecule has 0 aromatic heterocycles. The third-order valence-electron chi connectivity index (χ3n) is 3.74. The summed E-state index contributed by atoms with van der Waals surface area (Å²) < 4.78 is 31.6. The SMILES string of the molecule is O=C(/C=C/c1ccc(F)cc1)c1ccc(OC(=O)c2ccccc2F)cc1. The normalized spacial score (nSPS) is 10.7. The third-order valence-corrected chi connectivity index (χ3v) is 3.74. The van der Waals surface area contributed by atoms with Crippen molar-refractivity contribution >= 4 is 17.8 Å². The molecule has 5 heteroatoms. The van der Waals surface area contributed by atoms with Gasteiger partial charge in [-0.15, -0.1) is 0 Å². The van der Waals surface area contributed by atoms with Crippen LogP contribution in [0.2, 0.25) is 0 Å². The predicted molar refractivity (Wildman–Crippen MR) is 97.6 cm³/mol. The molecule has 0 amide bonds. The first-order valence-corrected chi connectivity index (χ1v) is 8.08. The van der Waals surface area contributed by atoms with Crippen LogP contribution in [-0.4, -0.2) is 11.8 Å². The lowest BCUT2D eigenvalue weighted by atomic mass is 10.1. The Hall–Kier alpha value is -3.60. The molecule has 0 heterocycles. The summed E-state index contributed by atoms with van der Waals surface area (Å²) in [6, 6.07) is 17.2. The number of allylic oxidation sites excluding steroid dienone is 1. The van der Waals surface area contributed by atoms with E-state index < -0.39 is 11.8 Å². The number of carbonyl (C=O) groups excluding carboxylic acids is 2. The highest BCUT2D eigenvalue weighted by Crippen LogP contribution is 2.16. The fraction of sp³-hybridized carbons (Fsp3) is 0. The second kappa shape index (κ2) is 8.19. The maximum atomic E-state index is 13.6. The van der Waals surface area contributed by atoms with Crippen molar-refractivity contribution in [1.82, 2.24) is 0 Å². The van der Waals surface area contributed by atoms with Crippen LogP contribution in [0, 0.1) is 11.6 Å². The van der Waals surface area contributed by atoms with Gasteiger partial charge in [0.05, 0.1) is 5.56 Å². The van der Waals surface area contributed by atoms with E-state index in [2.05, 4.69) is 0 Å². The van der Waals surface area contributed by atoms with Crippen molar-refractivity contribution in [2.24, 2.45) is 0 Å². The van der Waals surface area contributed by atoms with Crippen LogP contribution in [0.3, 0.4) is 0 Å². The van der Waals surface area contributed by atoms with Crippen LogP contribution >= 0.6 is 0 Å². The summed E-state index contributed by atoms with van der Waals surface area (Å²) in [6.07, 6.45) is 2.95. The molecule has 0 unspecified atom stereocenters. The summed E-state index contributed by atoms with van der Waals surface area (Å²) in [5.41, 5.74) is 0.916. The molecule has 3 aromatic carbocycles. The van der Waals surface area contributed by atoms with Crippen LogP contribution in [0.25, 0.3) is 6.08 Å². The standard InChI is InChI=1S/C22H14F2O3/c23-17-10-5-15(6-11-17)7-14-21(25)16-8-12-18(13-9-16)27-22(26)19-3-1-2-4-20(19)24/h1-14H/b14-7+. The largest absolute Gasteiger partial charge is 0.423 e. The van der Waals surface area contributed by atoms with Gasteiger partial charge in [-0.3, -0.25) is 4.79 Å². The van der Waals surface area contributed by atoms with Gasteiger partial charge in [0.15, 0.2) is 5.78 Å². The molecule has 3 nitrogen and oxygen atoms in total. The molecule has 0 radical (unpaired) electrons. The molecule has 0 aliphatic rings. The van der Waals surface area contributed by atoms with Crippen molar-refractivity contribution in [1.29, 1.82) is 0 Å². The number of halogens is 2. The summed E-state index contributed by atoms with van der Waals surface area (Å²) in [7, 11) is 0. The number of hydrogen-bond donors (Lipinski definition) is 0. The van der Waals surface area contributed by atoms with E-state index in [9.17, 15) is 18.4 Å². The Kier molecular flexibility index (Phi) is 5.52. The lowest BCUT2D eigenvalue weighted by Gasteiger charge is -2.05. The molecule has 0 aliphatic carbocycles. The fourth-order valence-corrected chi connectivity index (χ4v) is 2.32. The van der Waals surface area contributed by atoms with Gasteiger partial charge in [0.1, 0.15) is 17.4 Å². The van der Waals surface area contributed by atoms with Crippen LogP contribution in [-0.2, 0) is 0 Å². The number of rotatable bonds is 5. The van der Waals surface area contributed by atoms with E-state index >= 15 is 0 Å². The third kappa shape index (κ3) is 4.73. The monoisotopic (exact) mass is 364 g/mol. The topological polar surface area (TPSA) is 43.4 Å². The lowest BCUT2D eigenvalue weighted by Crippen LogP contribution is -2.10. The van der Waals surface area contributed by atoms with Crippen molar-refractivity contribution in [3.8, 4) is 5.75 Å². The first kappa shape index (κ1) is 18.2. The van der Waals surface area contributed by atoms with Gasteiger partial charge in [0.2, 0.25) is 0 Å². The minimum Gasteiger partial charge on any atom is -0.423 e. The van der Waals surface area contributed by atoms with Crippen LogP contribution < -0.4 is 4.74 Å². The summed E-state index contributed by atoms with van der Waals surface area (Å²) in [6.45, 7) is 0. The average molecular weight is 364 g/mol. The van der Waals surface area contributed by atoms with Gasteiger partial charge in [-0.2, -0.15) is 0 Å². The maximum Gasteiger partial charge on any atom is 0.346 e. The Morgan fingerprint density at radius 1 is 0.815 bits per heavy atom. The molecule has 0 saturated heterocycles. The zero-order chi connectivity index (χ0) is 19.2. The molecule has 0 atom stereocenters. The molecule has 0 bridgehead atoms. The van der Waals surface area contributed by atoms with Gasteiger partial charge in [-0.05, 0) is 60.2 Å². The van der Waals surface area contributed by atoms with E-state index in [0.29, 0.717) is 11.1 Å². The molecule has 0 fully saturated rings. The van der Waals surface area contributed by atoms with E-state index in [4.69, 9.17) is 4.74 Å². The summed E-state index contributed by atoms with van der Waals surface area (Å²) >= 11 is 0. The molecule has 3 rings (SSSR count). The average Bonchev–Trinajstić information content (AvgIpc) is 2.68. The molecule has 0 N–H and O–H groups in total. The first-order chi connectivity index (χ1) is 13.0. The number of esters is 1. The quantitative estimate of drug-likeness (QED) is 0.274. The van der Waals surface area contributed by atoms with Crippen LogP contribution in [0.5, 0.6) is 5.75 Å². The number of ketones is 1. The van der Waals surface area contributed by atoms with Gasteiger partial charge in [-0.1, -0.05) is 30.3 Å². The van der Waals surface area contributed by atoms with Gasteiger partial charge < -0.3 is 4.74 Å². The summed E-state index contributed by atoms with van der Waals surface area (Å²) in [5, 5.41) is 0. The van der Waals surface area contributed by atoms with E-state index in [-0.39, 0.29) is 22.9 Å². The van der Waals surface area contributed by atoms with Gasteiger partial charge >= 0.3 is 5.97 Å². The number of benzene rings is 3. The van der Waals surface area contributed by atoms with Crippen molar-refractivity contribution < 1.29 is 23.1 Å². The minimum atomic E-state index is -0.816. The minimum absolute atomic E-state index is 0.167. The molecule has 0 spiro atoms. The van der Waals surface area contributed by atoms with Gasteiger partial charge in [-0.25, -0.2) is 13.6 Å². The number of hydrogen-bond acceptors (Lipinski definition) is 3. The van der Waals surface area contributed by atoms with Crippen molar-refractivity contribution in [3.05, 3.63) is 107 Å². The lowest BCUT2D eigenvalue weighted by molar-refractivity contribution is 0.0730. The highest BCUT2D eigenvalue weighted by Gasteiger charge is 2.13. The summed E-state index contributed by atoms with van der Waals surface area (Å²) in [4.78, 5) is 24.1. The molecule has 134 valence electrons. The second-order valence-electron chi connectivity index (χ2n) is 5.64. The fourth-order valence-electron chi connectivity index (χ4n) is 2.32. The maximum absolute atomic E-state index is 13.6. The van der Waals surface area contributed by atoms with Gasteiger partial charge in [0, 0.05) is 5.56 Å². The Morgan fingerprint density at radius 3 is 2.15 bits per heavy atom. The second-order valence-corrected chi connectivity index (χ2v) is 5.64. The van der Waals surface area contributed by atoms with Crippen molar-refractivity contribution in [2.45, 2.75) is 0 Å². The highest BCUT2D eigenvalue weighted by molar-refractivity contribution is 6.06. The smallest absolute Gasteiger partial charge is 0.346 e. The zero-order valence-electron chi connectivity index (χ0n) is 14.1. The van der Waals surface area contributed by atoms with Crippen LogP contribution in [0.15, 0.2) is 78.9 Å². The van der Waals surface area contributed by atoms with Gasteiger partial charge in [0.25, 0.3) is 0 Å². The van der Waals surface area contributed by atoms with Crippen molar-refractivity contribution in [3.63, 3.8) is 0 Å². The predicted octanol–water partition coefficient (Wildman–Crippen LogP) is 5.08. The number of carbonyl (C=O) groups is 2. The Labute approximate surface area is 154 Å². The summed E-state index contributed by atoms with van der Waals surface area (Å²) in [5.74, 6) is -1.89. The Balaban J connectivity index is 1.66. The molecule has 0 aliphatic heterocycles. The molecule has 27 heavy (non-hydrogen) atoms. The van der Waals surface area contributed by atoms with E-state index in [1.807, 2.05) is 0 Å². The zero-order valence-corrected chi connectivity index (χ0v) is 14.1. The Bertz CT molecular complexity index is 991. The Morgan fingerprint density at radius 2 is 1.48 bits per heavy atom. The molecular formula is C22H14F2O3. The number of ether oxygens (including phenoxy) is 1. The molecule has 0 saturated carbocycles. The van der Waals surface area contributed by atoms with Crippen LogP contribution in [0.4, 0.5) is 8.78 Å². The van der Waals surface area contributed by atoms with Crippen LogP contribution in [0.1, 0.15) is 26.3 Å². The molecule has 3 aromatic rings. The van der Waals surface area contributed by atoms with E-state index in [1.165, 1.54) is 66.7 Å². The highest BCUT2D eigenvalue weighted by atomic mass is 19.1. The van der Waals surface area contributed by atoms with Crippen molar-refractivity contribution in [2.75, 3.05) is 0 Å². The van der Waals surface area contributed by atoms with E-state index in [0.717, 1.165) is 0 Å². The van der Waals surface area contributed by atoms with E-state index in [1.54, 1.807) is 18.2 Å². The molecular weight excluding hydrogens is 350 g/mol.